The Morgan fingerprint density at radius 3 is 1.23 bits per heavy atom. The van der Waals surface area contributed by atoms with Crippen LogP contribution in [0.3, 0.4) is 0 Å². The standard InChI is InChI=1S/C4H6O6.H4N3/c5-1(3(7)8)2(6)4(9)10;1-3-2/h1-2,5-6H,(H,7,8)(H,9,10);1-2H2. The number of aliphatic carboxylic acids is 2. The second kappa shape index (κ2) is 7.39. The van der Waals surface area contributed by atoms with Gasteiger partial charge in [0, 0.05) is 0 Å². The minimum absolute atomic E-state index is 1.77. The Morgan fingerprint density at radius 1 is 1.00 bits per heavy atom. The van der Waals surface area contributed by atoms with Crippen LogP contribution in [-0.2, 0) is 9.59 Å². The number of rotatable bonds is 3. The topological polar surface area (TPSA) is 181 Å². The first-order chi connectivity index (χ1) is 5.88. The van der Waals surface area contributed by atoms with Gasteiger partial charge in [0.25, 0.3) is 0 Å². The third kappa shape index (κ3) is 7.11. The molecule has 0 saturated carbocycles. The molecule has 8 N–H and O–H groups in total. The molecule has 9 heteroatoms. The first kappa shape index (κ1) is 14.3. The summed E-state index contributed by atoms with van der Waals surface area (Å²) >= 11 is 0. The van der Waals surface area contributed by atoms with E-state index in [-0.39, 0.29) is 0 Å². The van der Waals surface area contributed by atoms with Gasteiger partial charge in [-0.25, -0.2) is 21.3 Å². The molecule has 0 saturated heterocycles. The van der Waals surface area contributed by atoms with Crippen molar-refractivity contribution in [2.75, 3.05) is 0 Å². The summed E-state index contributed by atoms with van der Waals surface area (Å²) in [5.74, 6) is 4.96. The average Bonchev–Trinajstić information content (AvgIpc) is 2.03. The number of aliphatic hydroxyl groups excluding tert-OH is 2. The highest BCUT2D eigenvalue weighted by Gasteiger charge is 2.29. The van der Waals surface area contributed by atoms with E-state index < -0.39 is 24.1 Å². The van der Waals surface area contributed by atoms with Gasteiger partial charge in [0.1, 0.15) is 0 Å². The van der Waals surface area contributed by atoms with Crippen LogP contribution < -0.4 is 17.2 Å². The van der Waals surface area contributed by atoms with Gasteiger partial charge in [-0.1, -0.05) is 5.53 Å². The molecular weight excluding hydrogens is 186 g/mol. The van der Waals surface area contributed by atoms with Crippen molar-refractivity contribution in [3.8, 4) is 0 Å². The van der Waals surface area contributed by atoms with E-state index in [1.54, 1.807) is 0 Å². The molecule has 0 rings (SSSR count). The van der Waals surface area contributed by atoms with Crippen molar-refractivity contribution < 1.29 is 30.0 Å². The van der Waals surface area contributed by atoms with Gasteiger partial charge >= 0.3 is 11.9 Å². The van der Waals surface area contributed by atoms with Crippen LogP contribution in [0.1, 0.15) is 0 Å². The predicted molar refractivity (Wildman–Crippen MR) is 37.8 cm³/mol. The van der Waals surface area contributed by atoms with Crippen molar-refractivity contribution in [3.05, 3.63) is 0 Å². The molecule has 9 nitrogen and oxygen atoms in total. The summed E-state index contributed by atoms with van der Waals surface area (Å²) in [4.78, 5) is 19.5. The van der Waals surface area contributed by atoms with Crippen LogP contribution in [0.5, 0.6) is 0 Å². The summed E-state index contributed by atoms with van der Waals surface area (Å²) in [7, 11) is 0. The number of nitrogens with two attached hydrogens (primary N) is 2. The zero-order valence-corrected chi connectivity index (χ0v) is 6.36. The molecule has 2 atom stereocenters. The molecule has 77 valence electrons. The van der Waals surface area contributed by atoms with Gasteiger partial charge in [-0.15, -0.1) is 0 Å². The van der Waals surface area contributed by atoms with E-state index in [9.17, 15) is 9.59 Å². The van der Waals surface area contributed by atoms with E-state index in [0.29, 0.717) is 0 Å². The maximum absolute atomic E-state index is 9.77. The van der Waals surface area contributed by atoms with Crippen molar-refractivity contribution in [2.24, 2.45) is 11.7 Å². The Kier molecular flexibility index (Phi) is 8.12. The molecule has 0 aromatic rings. The molecule has 1 radical (unpaired) electrons. The summed E-state index contributed by atoms with van der Waals surface area (Å²) in [5, 5.41) is 32.5. The number of carbonyl (C=O) groups is 2. The summed E-state index contributed by atoms with van der Waals surface area (Å²) in [6.07, 6.45) is -4.53. The average molecular weight is 196 g/mol. The molecule has 0 aromatic heterocycles. The van der Waals surface area contributed by atoms with Crippen LogP contribution >= 0.6 is 0 Å². The number of hydrogen-bond donors (Lipinski definition) is 6. The Morgan fingerprint density at radius 2 is 1.15 bits per heavy atom. The van der Waals surface area contributed by atoms with E-state index in [2.05, 4.69) is 17.2 Å². The molecule has 0 aromatic carbocycles. The fourth-order valence-corrected chi connectivity index (χ4v) is 0.270. The van der Waals surface area contributed by atoms with Crippen molar-refractivity contribution in [1.82, 2.24) is 5.53 Å². The molecule has 2 unspecified atom stereocenters. The van der Waals surface area contributed by atoms with Crippen molar-refractivity contribution >= 4 is 11.9 Å². The smallest absolute Gasteiger partial charge is 0.335 e. The lowest BCUT2D eigenvalue weighted by atomic mass is 10.2. The Labute approximate surface area is 72.5 Å². The quantitative estimate of drug-likeness (QED) is 0.196. The van der Waals surface area contributed by atoms with Gasteiger partial charge < -0.3 is 20.4 Å². The van der Waals surface area contributed by atoms with Crippen molar-refractivity contribution in [3.63, 3.8) is 0 Å². The fraction of sp³-hybridized carbons (Fsp3) is 0.500. The number of carboxylic acids is 2. The maximum Gasteiger partial charge on any atom is 0.335 e. The minimum Gasteiger partial charge on any atom is -0.479 e. The lowest BCUT2D eigenvalue weighted by Crippen LogP contribution is -2.39. The number of nitrogens with zero attached hydrogens (tertiary/aromatic N) is 1. The highest BCUT2D eigenvalue weighted by atomic mass is 16.4. The number of aliphatic hydroxyl groups is 2. The fourth-order valence-electron chi connectivity index (χ4n) is 0.270. The van der Waals surface area contributed by atoms with Crippen LogP contribution in [-0.4, -0.2) is 44.6 Å². The highest BCUT2D eigenvalue weighted by molar-refractivity contribution is 5.82. The van der Waals surface area contributed by atoms with Crippen LogP contribution in [0.2, 0.25) is 0 Å². The van der Waals surface area contributed by atoms with E-state index in [1.165, 1.54) is 0 Å². The monoisotopic (exact) mass is 196 g/mol. The normalized spacial score (nSPS) is 13.5. The minimum atomic E-state index is -2.27. The SMILES string of the molecule is N[N]N.O=C(O)C(O)C(O)C(=O)O. The molecule has 0 bridgehead atoms. The Balaban J connectivity index is 0. The van der Waals surface area contributed by atoms with Crippen LogP contribution in [0, 0.1) is 0 Å². The maximum atomic E-state index is 9.77. The third-order valence-electron chi connectivity index (χ3n) is 0.805. The number of hydrogen-bond acceptors (Lipinski definition) is 6. The van der Waals surface area contributed by atoms with Gasteiger partial charge in [-0.3, -0.25) is 0 Å². The first-order valence-electron chi connectivity index (χ1n) is 2.80. The van der Waals surface area contributed by atoms with Crippen LogP contribution in [0.15, 0.2) is 0 Å². The first-order valence-corrected chi connectivity index (χ1v) is 2.80. The predicted octanol–water partition coefficient (Wildman–Crippen LogP) is -3.78. The zero-order valence-electron chi connectivity index (χ0n) is 6.36. The third-order valence-corrected chi connectivity index (χ3v) is 0.805. The molecular formula is C4H10N3O6. The van der Waals surface area contributed by atoms with Gasteiger partial charge in [0.05, 0.1) is 0 Å². The van der Waals surface area contributed by atoms with Crippen LogP contribution in [0.4, 0.5) is 0 Å². The summed E-state index contributed by atoms with van der Waals surface area (Å²) in [6.45, 7) is 0. The molecule has 0 amide bonds. The summed E-state index contributed by atoms with van der Waals surface area (Å²) in [6, 6.07) is 0. The van der Waals surface area contributed by atoms with Gasteiger partial charge in [-0.2, -0.15) is 0 Å². The number of carboxylic acid groups (broad SMARTS) is 2. The molecule has 13 heavy (non-hydrogen) atoms. The van der Waals surface area contributed by atoms with Crippen molar-refractivity contribution in [1.29, 1.82) is 0 Å². The second-order valence-electron chi connectivity index (χ2n) is 1.72. The zero-order chi connectivity index (χ0) is 11.0. The van der Waals surface area contributed by atoms with Crippen LogP contribution in [0.25, 0.3) is 0 Å². The van der Waals surface area contributed by atoms with E-state index >= 15 is 0 Å². The van der Waals surface area contributed by atoms with E-state index in [1.807, 2.05) is 0 Å². The highest BCUT2D eigenvalue weighted by Crippen LogP contribution is 1.92. The second-order valence-corrected chi connectivity index (χ2v) is 1.72. The lowest BCUT2D eigenvalue weighted by Gasteiger charge is -2.07. The lowest BCUT2D eigenvalue weighted by molar-refractivity contribution is -0.165. The molecule has 0 fully saturated rings. The van der Waals surface area contributed by atoms with Gasteiger partial charge in [-0.05, 0) is 0 Å². The van der Waals surface area contributed by atoms with Gasteiger partial charge in [0.15, 0.2) is 12.2 Å². The van der Waals surface area contributed by atoms with Crippen molar-refractivity contribution in [2.45, 2.75) is 12.2 Å². The van der Waals surface area contributed by atoms with Gasteiger partial charge in [0.2, 0.25) is 0 Å². The largest absolute Gasteiger partial charge is 0.479 e. The van der Waals surface area contributed by atoms with E-state index in [4.69, 9.17) is 20.4 Å². The summed E-state index contributed by atoms with van der Waals surface area (Å²) in [5.41, 5.74) is 2.50. The molecule has 0 aliphatic rings. The molecule has 0 aliphatic heterocycles. The summed E-state index contributed by atoms with van der Waals surface area (Å²) < 4.78 is 0. The molecule has 0 spiro atoms. The molecule has 0 aliphatic carbocycles. The molecule has 0 heterocycles. The Hall–Kier alpha value is -1.26. The Bertz CT molecular complexity index is 155. The van der Waals surface area contributed by atoms with E-state index in [0.717, 1.165) is 0 Å².